The maximum absolute atomic E-state index is 4.96. The largest absolute Gasteiger partial charge is 0.340 e. The molecule has 0 radical (unpaired) electrons. The van der Waals surface area contributed by atoms with Gasteiger partial charge in [-0.3, -0.25) is 0 Å². The van der Waals surface area contributed by atoms with Crippen LogP contribution in [0.3, 0.4) is 0 Å². The van der Waals surface area contributed by atoms with E-state index in [0.29, 0.717) is 0 Å². The normalized spacial score (nSPS) is 15.4. The number of aryl methyl sites for hydroxylation is 2. The van der Waals surface area contributed by atoms with Crippen LogP contribution in [0.15, 0.2) is 91.0 Å². The van der Waals surface area contributed by atoms with Crippen LogP contribution in [-0.4, -0.2) is 9.78 Å². The van der Waals surface area contributed by atoms with Crippen molar-refractivity contribution >= 4 is 11.5 Å². The van der Waals surface area contributed by atoms with Gasteiger partial charge in [0.1, 0.15) is 5.82 Å². The molecular formula is C26H23N3. The lowest BCUT2D eigenvalue weighted by atomic mass is 10.0. The number of rotatable bonds is 3. The predicted octanol–water partition coefficient (Wildman–Crippen LogP) is 6.22. The maximum atomic E-state index is 4.96. The van der Waals surface area contributed by atoms with Crippen LogP contribution < -0.4 is 5.32 Å². The highest BCUT2D eigenvalue weighted by molar-refractivity contribution is 5.80. The summed E-state index contributed by atoms with van der Waals surface area (Å²) >= 11 is 0. The van der Waals surface area contributed by atoms with Gasteiger partial charge in [-0.05, 0) is 31.1 Å². The Morgan fingerprint density at radius 1 is 0.759 bits per heavy atom. The van der Waals surface area contributed by atoms with Crippen molar-refractivity contribution in [2.75, 3.05) is 5.32 Å². The third-order valence-electron chi connectivity index (χ3n) is 5.44. The average Bonchev–Trinajstić information content (AvgIpc) is 3.19. The summed E-state index contributed by atoms with van der Waals surface area (Å²) in [6, 6.07) is 29.9. The molecule has 4 aromatic rings. The molecule has 5 rings (SSSR count). The number of aromatic nitrogens is 2. The molecule has 3 aromatic carbocycles. The highest BCUT2D eigenvalue weighted by atomic mass is 15.4. The average molecular weight is 377 g/mol. The minimum Gasteiger partial charge on any atom is -0.340 e. The lowest BCUT2D eigenvalue weighted by molar-refractivity contribution is 0.615. The molecule has 1 unspecified atom stereocenters. The van der Waals surface area contributed by atoms with Crippen LogP contribution in [0.5, 0.6) is 0 Å². The SMILES string of the molecule is Cc1ccc(C2=CC(c3ccccc3)n3nc(-c4ccc(C)cc4)cc3N2)cc1. The molecular weight excluding hydrogens is 354 g/mol. The zero-order valence-corrected chi connectivity index (χ0v) is 16.6. The van der Waals surface area contributed by atoms with Crippen molar-refractivity contribution in [3.8, 4) is 11.3 Å². The number of benzene rings is 3. The Balaban J connectivity index is 1.61. The van der Waals surface area contributed by atoms with Gasteiger partial charge in [0.2, 0.25) is 0 Å². The molecule has 0 saturated heterocycles. The van der Waals surface area contributed by atoms with Crippen molar-refractivity contribution < 1.29 is 0 Å². The maximum Gasteiger partial charge on any atom is 0.130 e. The number of nitrogens with zero attached hydrogens (tertiary/aromatic N) is 2. The van der Waals surface area contributed by atoms with Crippen LogP contribution in [0, 0.1) is 13.8 Å². The second kappa shape index (κ2) is 7.10. The van der Waals surface area contributed by atoms with Crippen LogP contribution >= 0.6 is 0 Å². The standard InChI is InChI=1S/C26H23N3/c1-18-8-12-20(13-9-18)23-16-25(22-6-4-3-5-7-22)29-26(27-23)17-24(28-29)21-14-10-19(2)11-15-21/h3-17,25,27H,1-2H3. The molecule has 3 heteroatoms. The summed E-state index contributed by atoms with van der Waals surface area (Å²) in [5.41, 5.74) is 8.13. The molecule has 1 atom stereocenters. The van der Waals surface area contributed by atoms with Crippen molar-refractivity contribution in [1.29, 1.82) is 0 Å². The molecule has 0 bridgehead atoms. The third kappa shape index (κ3) is 3.36. The minimum absolute atomic E-state index is 0.0444. The van der Waals surface area contributed by atoms with E-state index in [9.17, 15) is 0 Å². The molecule has 29 heavy (non-hydrogen) atoms. The number of allylic oxidation sites excluding steroid dienone is 1. The minimum atomic E-state index is 0.0444. The van der Waals surface area contributed by atoms with E-state index in [1.165, 1.54) is 22.3 Å². The van der Waals surface area contributed by atoms with Gasteiger partial charge in [0.05, 0.1) is 11.7 Å². The van der Waals surface area contributed by atoms with Crippen molar-refractivity contribution in [1.82, 2.24) is 9.78 Å². The van der Waals surface area contributed by atoms with Gasteiger partial charge in [-0.25, -0.2) is 4.68 Å². The summed E-state index contributed by atoms with van der Waals surface area (Å²) in [6.45, 7) is 4.22. The van der Waals surface area contributed by atoms with Gasteiger partial charge in [-0.2, -0.15) is 5.10 Å². The van der Waals surface area contributed by atoms with Crippen molar-refractivity contribution in [2.45, 2.75) is 19.9 Å². The molecule has 0 spiro atoms. The van der Waals surface area contributed by atoms with Crippen LogP contribution in [-0.2, 0) is 0 Å². The van der Waals surface area contributed by atoms with E-state index in [4.69, 9.17) is 5.10 Å². The molecule has 1 aliphatic heterocycles. The van der Waals surface area contributed by atoms with Gasteiger partial charge in [0.25, 0.3) is 0 Å². The summed E-state index contributed by atoms with van der Waals surface area (Å²) in [4.78, 5) is 0. The molecule has 0 saturated carbocycles. The van der Waals surface area contributed by atoms with E-state index in [0.717, 1.165) is 22.8 Å². The Labute approximate surface area is 171 Å². The molecule has 3 nitrogen and oxygen atoms in total. The van der Waals surface area contributed by atoms with Gasteiger partial charge in [-0.1, -0.05) is 90.0 Å². The van der Waals surface area contributed by atoms with Crippen LogP contribution in [0.4, 0.5) is 5.82 Å². The first-order chi connectivity index (χ1) is 14.2. The van der Waals surface area contributed by atoms with E-state index >= 15 is 0 Å². The van der Waals surface area contributed by atoms with Crippen LogP contribution in [0.25, 0.3) is 17.0 Å². The van der Waals surface area contributed by atoms with Crippen molar-refractivity contribution in [3.05, 3.63) is 113 Å². The van der Waals surface area contributed by atoms with Crippen LogP contribution in [0.2, 0.25) is 0 Å². The lowest BCUT2D eigenvalue weighted by Gasteiger charge is -2.25. The van der Waals surface area contributed by atoms with E-state index in [-0.39, 0.29) is 6.04 Å². The number of fused-ring (bicyclic) bond motifs is 1. The van der Waals surface area contributed by atoms with Gasteiger partial charge >= 0.3 is 0 Å². The first kappa shape index (κ1) is 17.5. The van der Waals surface area contributed by atoms with Gasteiger partial charge < -0.3 is 5.32 Å². The fourth-order valence-corrected chi connectivity index (χ4v) is 3.76. The molecule has 1 aliphatic rings. The summed E-state index contributed by atoms with van der Waals surface area (Å²) in [6.07, 6.45) is 2.26. The van der Waals surface area contributed by atoms with E-state index in [1.54, 1.807) is 0 Å². The van der Waals surface area contributed by atoms with Crippen molar-refractivity contribution in [2.24, 2.45) is 0 Å². The Bertz CT molecular complexity index is 1170. The Morgan fingerprint density at radius 3 is 2.03 bits per heavy atom. The van der Waals surface area contributed by atoms with Gasteiger partial charge in [0, 0.05) is 17.3 Å². The highest BCUT2D eigenvalue weighted by Gasteiger charge is 2.24. The summed E-state index contributed by atoms with van der Waals surface area (Å²) in [5.74, 6) is 1.01. The predicted molar refractivity (Wildman–Crippen MR) is 120 cm³/mol. The summed E-state index contributed by atoms with van der Waals surface area (Å²) < 4.78 is 2.09. The molecule has 1 aromatic heterocycles. The topological polar surface area (TPSA) is 29.9 Å². The number of hydrogen-bond acceptors (Lipinski definition) is 2. The fraction of sp³-hybridized carbons (Fsp3) is 0.115. The van der Waals surface area contributed by atoms with Crippen molar-refractivity contribution in [3.63, 3.8) is 0 Å². The van der Waals surface area contributed by atoms with Gasteiger partial charge in [0.15, 0.2) is 0 Å². The first-order valence-corrected chi connectivity index (χ1v) is 9.95. The number of hydrogen-bond donors (Lipinski definition) is 1. The Morgan fingerprint density at radius 2 is 1.38 bits per heavy atom. The zero-order chi connectivity index (χ0) is 19.8. The second-order valence-electron chi connectivity index (χ2n) is 7.65. The Hall–Kier alpha value is -3.59. The van der Waals surface area contributed by atoms with Crippen LogP contribution in [0.1, 0.15) is 28.3 Å². The lowest BCUT2D eigenvalue weighted by Crippen LogP contribution is -2.19. The quantitative estimate of drug-likeness (QED) is 0.459. The highest BCUT2D eigenvalue weighted by Crippen LogP contribution is 2.35. The summed E-state index contributed by atoms with van der Waals surface area (Å²) in [7, 11) is 0. The molecule has 0 amide bonds. The third-order valence-corrected chi connectivity index (χ3v) is 5.44. The second-order valence-corrected chi connectivity index (χ2v) is 7.65. The molecule has 1 N–H and O–H groups in total. The first-order valence-electron chi connectivity index (χ1n) is 9.95. The Kier molecular flexibility index (Phi) is 4.28. The van der Waals surface area contributed by atoms with E-state index < -0.39 is 0 Å². The molecule has 142 valence electrons. The molecule has 0 aliphatic carbocycles. The number of anilines is 1. The fourth-order valence-electron chi connectivity index (χ4n) is 3.76. The number of nitrogens with one attached hydrogen (secondary N) is 1. The summed E-state index contributed by atoms with van der Waals surface area (Å²) in [5, 5.41) is 8.56. The smallest absolute Gasteiger partial charge is 0.130 e. The monoisotopic (exact) mass is 377 g/mol. The zero-order valence-electron chi connectivity index (χ0n) is 16.6. The van der Waals surface area contributed by atoms with E-state index in [1.807, 2.05) is 0 Å². The molecule has 0 fully saturated rings. The van der Waals surface area contributed by atoms with Gasteiger partial charge in [-0.15, -0.1) is 0 Å². The van der Waals surface area contributed by atoms with E-state index in [2.05, 4.69) is 115 Å². The molecule has 2 heterocycles.